The van der Waals surface area contributed by atoms with E-state index in [9.17, 15) is 22.4 Å². The lowest BCUT2D eigenvalue weighted by Crippen LogP contribution is -2.25. The summed E-state index contributed by atoms with van der Waals surface area (Å²) in [5, 5.41) is 7.73. The minimum atomic E-state index is -4.56. The highest BCUT2D eigenvalue weighted by Crippen LogP contribution is 2.32. The van der Waals surface area contributed by atoms with Crippen molar-refractivity contribution in [3.05, 3.63) is 59.2 Å². The van der Waals surface area contributed by atoms with Crippen molar-refractivity contribution >= 4 is 5.91 Å². The van der Waals surface area contributed by atoms with E-state index in [1.54, 1.807) is 19.3 Å². The average Bonchev–Trinajstić information content (AvgIpc) is 3.25. The third-order valence-electron chi connectivity index (χ3n) is 4.55. The third kappa shape index (κ3) is 3.95. The van der Waals surface area contributed by atoms with Gasteiger partial charge < -0.3 is 9.64 Å². The van der Waals surface area contributed by atoms with E-state index in [4.69, 9.17) is 4.74 Å². The van der Waals surface area contributed by atoms with E-state index in [1.807, 2.05) is 0 Å². The smallest absolute Gasteiger partial charge is 0.422 e. The Hall–Kier alpha value is -3.50. The molecule has 4 rings (SSSR count). The minimum Gasteiger partial charge on any atom is -0.467 e. The van der Waals surface area contributed by atoms with Gasteiger partial charge in [0.15, 0.2) is 6.61 Å². The van der Waals surface area contributed by atoms with Gasteiger partial charge in [0.2, 0.25) is 5.88 Å². The number of ether oxygens (including phenoxy) is 1. The summed E-state index contributed by atoms with van der Waals surface area (Å²) in [6.07, 6.45) is -1.64. The van der Waals surface area contributed by atoms with Gasteiger partial charge in [-0.15, -0.1) is 5.10 Å². The van der Waals surface area contributed by atoms with Gasteiger partial charge in [-0.2, -0.15) is 13.2 Å². The summed E-state index contributed by atoms with van der Waals surface area (Å²) in [6, 6.07) is 6.03. The van der Waals surface area contributed by atoms with Crippen LogP contribution in [0.2, 0.25) is 0 Å². The molecule has 0 unspecified atom stereocenters. The summed E-state index contributed by atoms with van der Waals surface area (Å²) >= 11 is 0. The summed E-state index contributed by atoms with van der Waals surface area (Å²) in [5.74, 6) is -1.47. The summed E-state index contributed by atoms with van der Waals surface area (Å²) in [7, 11) is 1.69. The highest BCUT2D eigenvalue weighted by atomic mass is 19.4. The molecule has 2 aromatic heterocycles. The molecule has 0 N–H and O–H groups in total. The Labute approximate surface area is 167 Å². The van der Waals surface area contributed by atoms with Crippen molar-refractivity contribution in [3.8, 4) is 17.1 Å². The van der Waals surface area contributed by atoms with Crippen LogP contribution in [0.15, 0.2) is 36.7 Å². The molecule has 7 nitrogen and oxygen atoms in total. The Morgan fingerprint density at radius 1 is 1.23 bits per heavy atom. The number of halogens is 4. The van der Waals surface area contributed by atoms with Crippen LogP contribution in [0, 0.1) is 5.82 Å². The van der Waals surface area contributed by atoms with Crippen molar-refractivity contribution in [2.45, 2.75) is 19.3 Å². The molecule has 3 aromatic rings. The fourth-order valence-corrected chi connectivity index (χ4v) is 3.18. The number of aryl methyl sites for hydroxylation is 1. The highest BCUT2D eigenvalue weighted by Gasteiger charge is 2.34. The molecule has 0 saturated heterocycles. The van der Waals surface area contributed by atoms with Gasteiger partial charge in [0.1, 0.15) is 17.1 Å². The number of aromatic nitrogens is 4. The second-order valence-electron chi connectivity index (χ2n) is 6.80. The van der Waals surface area contributed by atoms with E-state index < -0.39 is 24.5 Å². The van der Waals surface area contributed by atoms with Crippen molar-refractivity contribution in [2.75, 3.05) is 6.61 Å². The number of benzene rings is 1. The summed E-state index contributed by atoms with van der Waals surface area (Å²) in [5.41, 5.74) is 1.74. The van der Waals surface area contributed by atoms with E-state index in [0.29, 0.717) is 16.8 Å². The van der Waals surface area contributed by atoms with Crippen LogP contribution in [-0.2, 0) is 20.1 Å². The zero-order valence-corrected chi connectivity index (χ0v) is 15.6. The van der Waals surface area contributed by atoms with Gasteiger partial charge in [0.25, 0.3) is 5.91 Å². The van der Waals surface area contributed by atoms with Gasteiger partial charge in [-0.3, -0.25) is 9.48 Å². The molecule has 30 heavy (non-hydrogen) atoms. The lowest BCUT2D eigenvalue weighted by atomic mass is 10.1. The Morgan fingerprint density at radius 3 is 2.70 bits per heavy atom. The number of pyridine rings is 1. The number of hydrogen-bond donors (Lipinski definition) is 0. The molecule has 11 heteroatoms. The van der Waals surface area contributed by atoms with Crippen molar-refractivity contribution in [1.29, 1.82) is 0 Å². The second-order valence-corrected chi connectivity index (χ2v) is 6.80. The first-order chi connectivity index (χ1) is 14.2. The van der Waals surface area contributed by atoms with E-state index >= 15 is 0 Å². The molecule has 1 aliphatic heterocycles. The molecular formula is C19H15F4N5O2. The molecule has 0 fully saturated rings. The van der Waals surface area contributed by atoms with Crippen LogP contribution in [0.5, 0.6) is 5.88 Å². The zero-order valence-electron chi connectivity index (χ0n) is 15.6. The molecule has 0 saturated carbocycles. The van der Waals surface area contributed by atoms with E-state index in [2.05, 4.69) is 15.3 Å². The fraction of sp³-hybridized carbons (Fsp3) is 0.263. The molecule has 0 atom stereocenters. The first-order valence-corrected chi connectivity index (χ1v) is 8.83. The standard InChI is InChI=1S/C19H15F4N5O2/c1-27-9-15(25-26-27)11-2-3-12(14(20)6-11)7-28-8-13-4-5-24-17(16(13)18(28)29)30-10-19(21,22)23/h2-6,9H,7-8,10H2,1H3. The van der Waals surface area contributed by atoms with Crippen molar-refractivity contribution in [3.63, 3.8) is 0 Å². The number of carbonyl (C=O) groups excluding carboxylic acids is 1. The lowest BCUT2D eigenvalue weighted by molar-refractivity contribution is -0.154. The molecule has 0 bridgehead atoms. The number of carbonyl (C=O) groups is 1. The quantitative estimate of drug-likeness (QED) is 0.592. The van der Waals surface area contributed by atoms with Gasteiger partial charge in [0.05, 0.1) is 6.20 Å². The molecule has 1 aromatic carbocycles. The van der Waals surface area contributed by atoms with Gasteiger partial charge in [-0.05, 0) is 17.7 Å². The van der Waals surface area contributed by atoms with Crippen LogP contribution in [0.1, 0.15) is 21.5 Å². The number of hydrogen-bond acceptors (Lipinski definition) is 5. The van der Waals surface area contributed by atoms with Crippen molar-refractivity contribution in [1.82, 2.24) is 24.9 Å². The first-order valence-electron chi connectivity index (χ1n) is 8.83. The molecule has 1 amide bonds. The molecule has 1 aliphatic rings. The molecule has 0 radical (unpaired) electrons. The van der Waals surface area contributed by atoms with Crippen LogP contribution in [-0.4, -0.2) is 43.6 Å². The van der Waals surface area contributed by atoms with Crippen LogP contribution < -0.4 is 4.74 Å². The topological polar surface area (TPSA) is 73.1 Å². The van der Waals surface area contributed by atoms with E-state index in [1.165, 1.54) is 34.0 Å². The Morgan fingerprint density at radius 2 is 2.03 bits per heavy atom. The monoisotopic (exact) mass is 421 g/mol. The van der Waals surface area contributed by atoms with E-state index in [0.717, 1.165) is 0 Å². The maximum Gasteiger partial charge on any atom is 0.422 e. The molecule has 3 heterocycles. The predicted octanol–water partition coefficient (Wildman–Crippen LogP) is 3.11. The van der Waals surface area contributed by atoms with Crippen LogP contribution in [0.25, 0.3) is 11.3 Å². The summed E-state index contributed by atoms with van der Waals surface area (Å²) in [4.78, 5) is 17.8. The maximum absolute atomic E-state index is 14.6. The van der Waals surface area contributed by atoms with Crippen LogP contribution in [0.3, 0.4) is 0 Å². The van der Waals surface area contributed by atoms with E-state index in [-0.39, 0.29) is 30.1 Å². The number of alkyl halides is 3. The highest BCUT2D eigenvalue weighted by molar-refractivity contribution is 6.00. The fourth-order valence-electron chi connectivity index (χ4n) is 3.18. The van der Waals surface area contributed by atoms with Crippen LogP contribution >= 0.6 is 0 Å². The number of amides is 1. The zero-order chi connectivity index (χ0) is 21.5. The third-order valence-corrected chi connectivity index (χ3v) is 4.55. The number of nitrogens with zero attached hydrogens (tertiary/aromatic N) is 5. The van der Waals surface area contributed by atoms with Gasteiger partial charge >= 0.3 is 6.18 Å². The summed E-state index contributed by atoms with van der Waals surface area (Å²) < 4.78 is 58.2. The second kappa shape index (κ2) is 7.39. The van der Waals surface area contributed by atoms with Crippen LogP contribution in [0.4, 0.5) is 17.6 Å². The Kier molecular flexibility index (Phi) is 4.88. The molecule has 0 spiro atoms. The predicted molar refractivity (Wildman–Crippen MR) is 95.8 cm³/mol. The van der Waals surface area contributed by atoms with Crippen molar-refractivity contribution in [2.24, 2.45) is 7.05 Å². The average molecular weight is 421 g/mol. The Bertz CT molecular complexity index is 1110. The minimum absolute atomic E-state index is 0.0293. The molecule has 156 valence electrons. The maximum atomic E-state index is 14.6. The summed E-state index contributed by atoms with van der Waals surface area (Å²) in [6.45, 7) is -1.49. The first kappa shape index (κ1) is 19.8. The largest absolute Gasteiger partial charge is 0.467 e. The Balaban J connectivity index is 1.53. The lowest BCUT2D eigenvalue weighted by Gasteiger charge is -2.16. The number of rotatable bonds is 5. The SMILES string of the molecule is Cn1cc(-c2ccc(CN3Cc4ccnc(OCC(F)(F)F)c4C3=O)c(F)c2)nn1. The normalized spacial score (nSPS) is 13.6. The van der Waals surface area contributed by atoms with Crippen molar-refractivity contribution < 1.29 is 27.1 Å². The van der Waals surface area contributed by atoms with Gasteiger partial charge in [-0.25, -0.2) is 9.37 Å². The molecular weight excluding hydrogens is 406 g/mol. The number of fused-ring (bicyclic) bond motifs is 1. The van der Waals surface area contributed by atoms with Gasteiger partial charge in [-0.1, -0.05) is 17.3 Å². The molecule has 0 aliphatic carbocycles. The van der Waals surface area contributed by atoms with Gasteiger partial charge in [0, 0.05) is 37.5 Å².